The summed E-state index contributed by atoms with van der Waals surface area (Å²) >= 11 is 0. The SMILES string of the molecule is Cc1ccc(C(C)C)cc1NC(=O)/C=C\c1ccccc1. The molecule has 0 aliphatic rings. The lowest BCUT2D eigenvalue weighted by Gasteiger charge is -2.11. The summed E-state index contributed by atoms with van der Waals surface area (Å²) in [5.41, 5.74) is 4.19. The van der Waals surface area contributed by atoms with E-state index in [1.54, 1.807) is 6.08 Å². The number of nitrogens with one attached hydrogen (secondary N) is 1. The molecule has 0 aliphatic carbocycles. The highest BCUT2D eigenvalue weighted by Crippen LogP contribution is 2.22. The predicted octanol–water partition coefficient (Wildman–Crippen LogP) is 4.77. The van der Waals surface area contributed by atoms with Crippen molar-refractivity contribution in [1.82, 2.24) is 0 Å². The van der Waals surface area contributed by atoms with Crippen molar-refractivity contribution in [3.63, 3.8) is 0 Å². The van der Waals surface area contributed by atoms with Crippen LogP contribution in [0.3, 0.4) is 0 Å². The number of hydrogen-bond acceptors (Lipinski definition) is 1. The molecule has 0 aromatic heterocycles. The van der Waals surface area contributed by atoms with E-state index in [1.807, 2.05) is 55.5 Å². The smallest absolute Gasteiger partial charge is 0.248 e. The van der Waals surface area contributed by atoms with Crippen molar-refractivity contribution in [2.24, 2.45) is 0 Å². The van der Waals surface area contributed by atoms with Crippen LogP contribution in [-0.4, -0.2) is 5.91 Å². The molecule has 0 fully saturated rings. The Morgan fingerprint density at radius 3 is 2.48 bits per heavy atom. The molecule has 0 radical (unpaired) electrons. The number of anilines is 1. The van der Waals surface area contributed by atoms with E-state index >= 15 is 0 Å². The van der Waals surface area contributed by atoms with Crippen molar-refractivity contribution in [3.05, 3.63) is 71.3 Å². The molecule has 21 heavy (non-hydrogen) atoms. The van der Waals surface area contributed by atoms with Crippen molar-refractivity contribution >= 4 is 17.7 Å². The largest absolute Gasteiger partial charge is 0.322 e. The van der Waals surface area contributed by atoms with E-state index in [4.69, 9.17) is 0 Å². The molecule has 2 nitrogen and oxygen atoms in total. The first-order chi connectivity index (χ1) is 10.1. The molecular weight excluding hydrogens is 258 g/mol. The van der Waals surface area contributed by atoms with Crippen LogP contribution in [0, 0.1) is 6.92 Å². The molecule has 2 rings (SSSR count). The first-order valence-corrected chi connectivity index (χ1v) is 7.21. The van der Waals surface area contributed by atoms with Crippen LogP contribution >= 0.6 is 0 Å². The third-order valence-corrected chi connectivity index (χ3v) is 3.41. The Hall–Kier alpha value is -2.35. The summed E-state index contributed by atoms with van der Waals surface area (Å²) < 4.78 is 0. The van der Waals surface area contributed by atoms with Gasteiger partial charge in [-0.25, -0.2) is 0 Å². The second-order valence-corrected chi connectivity index (χ2v) is 5.46. The van der Waals surface area contributed by atoms with E-state index in [0.717, 1.165) is 16.8 Å². The average Bonchev–Trinajstić information content (AvgIpc) is 2.48. The second-order valence-electron chi connectivity index (χ2n) is 5.46. The molecule has 0 spiro atoms. The lowest BCUT2D eigenvalue weighted by molar-refractivity contribution is -0.111. The van der Waals surface area contributed by atoms with E-state index in [9.17, 15) is 4.79 Å². The van der Waals surface area contributed by atoms with Crippen molar-refractivity contribution in [1.29, 1.82) is 0 Å². The minimum absolute atomic E-state index is 0.108. The first kappa shape index (κ1) is 15.0. The van der Waals surface area contributed by atoms with Crippen molar-refractivity contribution < 1.29 is 4.79 Å². The van der Waals surface area contributed by atoms with Gasteiger partial charge in [0.1, 0.15) is 0 Å². The van der Waals surface area contributed by atoms with Crippen molar-refractivity contribution in [2.45, 2.75) is 26.7 Å². The van der Waals surface area contributed by atoms with Crippen LogP contribution < -0.4 is 5.32 Å². The van der Waals surface area contributed by atoms with Crippen LogP contribution in [0.5, 0.6) is 0 Å². The maximum absolute atomic E-state index is 12.0. The van der Waals surface area contributed by atoms with E-state index in [2.05, 4.69) is 25.2 Å². The van der Waals surface area contributed by atoms with Crippen LogP contribution in [-0.2, 0) is 4.79 Å². The highest BCUT2D eigenvalue weighted by atomic mass is 16.1. The first-order valence-electron chi connectivity index (χ1n) is 7.21. The molecule has 0 aliphatic heterocycles. The van der Waals surface area contributed by atoms with Gasteiger partial charge in [0.15, 0.2) is 0 Å². The van der Waals surface area contributed by atoms with Gasteiger partial charge in [-0.3, -0.25) is 4.79 Å². The number of rotatable bonds is 4. The number of hydrogen-bond donors (Lipinski definition) is 1. The van der Waals surface area contributed by atoms with Gasteiger partial charge in [-0.1, -0.05) is 56.3 Å². The Balaban J connectivity index is 2.09. The maximum Gasteiger partial charge on any atom is 0.248 e. The summed E-state index contributed by atoms with van der Waals surface area (Å²) in [7, 11) is 0. The molecule has 108 valence electrons. The predicted molar refractivity (Wildman–Crippen MR) is 89.4 cm³/mol. The van der Waals surface area contributed by atoms with Gasteiger partial charge in [-0.05, 0) is 41.7 Å². The molecule has 0 saturated heterocycles. The van der Waals surface area contributed by atoms with Crippen LogP contribution in [0.4, 0.5) is 5.69 Å². The van der Waals surface area contributed by atoms with E-state index in [-0.39, 0.29) is 5.91 Å². The number of aryl methyl sites for hydroxylation is 1. The molecule has 0 bridgehead atoms. The standard InChI is InChI=1S/C19H21NO/c1-14(2)17-11-9-15(3)18(13-17)20-19(21)12-10-16-7-5-4-6-8-16/h4-14H,1-3H3,(H,20,21)/b12-10-. The molecule has 2 aromatic carbocycles. The highest BCUT2D eigenvalue weighted by Gasteiger charge is 2.05. The normalized spacial score (nSPS) is 11.0. The fourth-order valence-electron chi connectivity index (χ4n) is 2.04. The number of amides is 1. The molecule has 0 saturated carbocycles. The molecular formula is C19H21NO. The zero-order valence-corrected chi connectivity index (χ0v) is 12.8. The number of carbonyl (C=O) groups excluding carboxylic acids is 1. The van der Waals surface area contributed by atoms with Gasteiger partial charge < -0.3 is 5.32 Å². The van der Waals surface area contributed by atoms with E-state index in [1.165, 1.54) is 5.56 Å². The number of carbonyl (C=O) groups is 1. The maximum atomic E-state index is 12.0. The van der Waals surface area contributed by atoms with Crippen LogP contribution in [0.2, 0.25) is 0 Å². The Labute approximate surface area is 126 Å². The minimum Gasteiger partial charge on any atom is -0.322 e. The molecule has 2 heteroatoms. The fraction of sp³-hybridized carbons (Fsp3) is 0.211. The summed E-state index contributed by atoms with van der Waals surface area (Å²) in [6, 6.07) is 16.0. The molecule has 2 aromatic rings. The van der Waals surface area contributed by atoms with Crippen molar-refractivity contribution in [3.8, 4) is 0 Å². The monoisotopic (exact) mass is 279 g/mol. The van der Waals surface area contributed by atoms with Gasteiger partial charge >= 0.3 is 0 Å². The third kappa shape index (κ3) is 4.32. The topological polar surface area (TPSA) is 29.1 Å². The Morgan fingerprint density at radius 2 is 1.81 bits per heavy atom. The quantitative estimate of drug-likeness (QED) is 0.802. The van der Waals surface area contributed by atoms with Crippen LogP contribution in [0.1, 0.15) is 36.5 Å². The van der Waals surface area contributed by atoms with Gasteiger partial charge in [0, 0.05) is 11.8 Å². The lowest BCUT2D eigenvalue weighted by Crippen LogP contribution is -2.09. The van der Waals surface area contributed by atoms with Crippen LogP contribution in [0.25, 0.3) is 6.08 Å². The minimum atomic E-state index is -0.108. The third-order valence-electron chi connectivity index (χ3n) is 3.41. The Morgan fingerprint density at radius 1 is 1.10 bits per heavy atom. The second kappa shape index (κ2) is 6.89. The Bertz CT molecular complexity index is 642. The van der Waals surface area contributed by atoms with Gasteiger partial charge in [0.25, 0.3) is 0 Å². The zero-order chi connectivity index (χ0) is 15.2. The molecule has 1 N–H and O–H groups in total. The summed E-state index contributed by atoms with van der Waals surface area (Å²) in [5.74, 6) is 0.337. The fourth-order valence-corrected chi connectivity index (χ4v) is 2.04. The summed E-state index contributed by atoms with van der Waals surface area (Å²) in [6.45, 7) is 6.29. The highest BCUT2D eigenvalue weighted by molar-refractivity contribution is 6.02. The Kier molecular flexibility index (Phi) is 4.94. The summed E-state index contributed by atoms with van der Waals surface area (Å²) in [6.07, 6.45) is 3.38. The summed E-state index contributed by atoms with van der Waals surface area (Å²) in [5, 5.41) is 2.95. The van der Waals surface area contributed by atoms with Crippen LogP contribution in [0.15, 0.2) is 54.6 Å². The van der Waals surface area contributed by atoms with Gasteiger partial charge in [-0.15, -0.1) is 0 Å². The average molecular weight is 279 g/mol. The van der Waals surface area contributed by atoms with Crippen molar-refractivity contribution in [2.75, 3.05) is 5.32 Å². The molecule has 0 heterocycles. The molecule has 0 unspecified atom stereocenters. The zero-order valence-electron chi connectivity index (χ0n) is 12.8. The van der Waals surface area contributed by atoms with Gasteiger partial charge in [0.05, 0.1) is 0 Å². The molecule has 0 atom stereocenters. The van der Waals surface area contributed by atoms with Gasteiger partial charge in [-0.2, -0.15) is 0 Å². The van der Waals surface area contributed by atoms with E-state index < -0.39 is 0 Å². The molecule has 1 amide bonds. The van der Waals surface area contributed by atoms with Gasteiger partial charge in [0.2, 0.25) is 5.91 Å². The number of benzene rings is 2. The van der Waals surface area contributed by atoms with E-state index in [0.29, 0.717) is 5.92 Å². The summed E-state index contributed by atoms with van der Waals surface area (Å²) in [4.78, 5) is 12.0. The lowest BCUT2D eigenvalue weighted by atomic mass is 10.0.